The highest BCUT2D eigenvalue weighted by molar-refractivity contribution is 5.77. The van der Waals surface area contributed by atoms with Crippen LogP contribution in [0.3, 0.4) is 0 Å². The zero-order valence-corrected chi connectivity index (χ0v) is 14.5. The van der Waals surface area contributed by atoms with Gasteiger partial charge in [0.25, 0.3) is 0 Å². The van der Waals surface area contributed by atoms with Crippen molar-refractivity contribution in [2.45, 2.75) is 56.7 Å². The number of aliphatic imine (C=N–C) groups is 1. The lowest BCUT2D eigenvalue weighted by molar-refractivity contribution is -0.186. The van der Waals surface area contributed by atoms with E-state index < -0.39 is 17.5 Å². The van der Waals surface area contributed by atoms with E-state index in [1.165, 1.54) is 12.5 Å². The highest BCUT2D eigenvalue weighted by Crippen LogP contribution is 2.37. The predicted molar refractivity (Wildman–Crippen MR) is 91.4 cm³/mol. The molecule has 5 nitrogen and oxygen atoms in total. The molecule has 0 aromatic heterocycles. The predicted octanol–water partition coefficient (Wildman–Crippen LogP) is 3.19. The molecule has 3 rings (SSSR count). The molecule has 1 aromatic rings. The van der Waals surface area contributed by atoms with Crippen LogP contribution in [0.2, 0.25) is 0 Å². The van der Waals surface area contributed by atoms with Gasteiger partial charge >= 0.3 is 6.18 Å². The number of nitrogens with zero attached hydrogens (tertiary/aromatic N) is 1. The van der Waals surface area contributed by atoms with Crippen LogP contribution in [0.15, 0.2) is 29.3 Å². The summed E-state index contributed by atoms with van der Waals surface area (Å²) in [5.41, 5.74) is 5.58. The SMILES string of the molecule is NC(=NCc1cccc(C(F)(F)F)c1)NCC1COC2(CCCCC2)O1. The van der Waals surface area contributed by atoms with Gasteiger partial charge < -0.3 is 20.5 Å². The van der Waals surface area contributed by atoms with E-state index in [1.807, 2.05) is 0 Å². The van der Waals surface area contributed by atoms with E-state index in [9.17, 15) is 13.2 Å². The minimum absolute atomic E-state index is 0.0781. The number of rotatable bonds is 4. The first-order valence-corrected chi connectivity index (χ1v) is 8.88. The molecule has 1 aliphatic heterocycles. The number of halogens is 3. The number of hydrogen-bond donors (Lipinski definition) is 2. The number of ether oxygens (including phenoxy) is 2. The van der Waals surface area contributed by atoms with Gasteiger partial charge in [-0.15, -0.1) is 0 Å². The smallest absolute Gasteiger partial charge is 0.370 e. The molecule has 3 N–H and O–H groups in total. The van der Waals surface area contributed by atoms with E-state index in [1.54, 1.807) is 6.07 Å². The molecule has 0 amide bonds. The Morgan fingerprint density at radius 1 is 1.27 bits per heavy atom. The van der Waals surface area contributed by atoms with E-state index in [4.69, 9.17) is 15.2 Å². The largest absolute Gasteiger partial charge is 0.416 e. The van der Waals surface area contributed by atoms with Crippen molar-refractivity contribution in [3.05, 3.63) is 35.4 Å². The van der Waals surface area contributed by atoms with Crippen LogP contribution >= 0.6 is 0 Å². The zero-order valence-electron chi connectivity index (χ0n) is 14.5. The van der Waals surface area contributed by atoms with E-state index in [-0.39, 0.29) is 18.6 Å². The summed E-state index contributed by atoms with van der Waals surface area (Å²) in [5.74, 6) is -0.259. The highest BCUT2D eigenvalue weighted by atomic mass is 19.4. The molecule has 1 saturated heterocycles. The number of benzene rings is 1. The Labute approximate surface area is 150 Å². The number of nitrogens with two attached hydrogens (primary N) is 1. The van der Waals surface area contributed by atoms with E-state index in [0.717, 1.165) is 37.8 Å². The Balaban J connectivity index is 1.47. The van der Waals surface area contributed by atoms with Gasteiger partial charge in [-0.25, -0.2) is 4.99 Å². The van der Waals surface area contributed by atoms with Gasteiger partial charge in [0.15, 0.2) is 11.7 Å². The van der Waals surface area contributed by atoms with Gasteiger partial charge in [-0.1, -0.05) is 18.6 Å². The molecule has 8 heteroatoms. The summed E-state index contributed by atoms with van der Waals surface area (Å²) in [4.78, 5) is 4.10. The van der Waals surface area contributed by atoms with Crippen molar-refractivity contribution in [3.63, 3.8) is 0 Å². The fourth-order valence-corrected chi connectivity index (χ4v) is 3.37. The fraction of sp³-hybridized carbons (Fsp3) is 0.611. The molecule has 1 aromatic carbocycles. The van der Waals surface area contributed by atoms with Crippen molar-refractivity contribution in [1.82, 2.24) is 5.32 Å². The fourth-order valence-electron chi connectivity index (χ4n) is 3.37. The normalized spacial score (nSPS) is 23.3. The maximum atomic E-state index is 12.7. The minimum atomic E-state index is -4.36. The number of nitrogens with one attached hydrogen (secondary N) is 1. The summed E-state index contributed by atoms with van der Waals surface area (Å²) < 4.78 is 50.0. The van der Waals surface area contributed by atoms with Gasteiger partial charge in [0.05, 0.1) is 18.7 Å². The number of alkyl halides is 3. The molecule has 1 aliphatic carbocycles. The summed E-state index contributed by atoms with van der Waals surface area (Å²) in [5, 5.41) is 2.96. The Morgan fingerprint density at radius 2 is 2.04 bits per heavy atom. The average Bonchev–Trinajstić information content (AvgIpc) is 3.01. The molecule has 1 unspecified atom stereocenters. The first-order chi connectivity index (χ1) is 12.4. The van der Waals surface area contributed by atoms with Crippen LogP contribution in [-0.2, 0) is 22.2 Å². The third-order valence-corrected chi connectivity index (χ3v) is 4.73. The molecule has 0 bridgehead atoms. The van der Waals surface area contributed by atoms with Crippen LogP contribution in [0.5, 0.6) is 0 Å². The number of hydrogen-bond acceptors (Lipinski definition) is 3. The van der Waals surface area contributed by atoms with Gasteiger partial charge in [-0.3, -0.25) is 0 Å². The topological polar surface area (TPSA) is 68.9 Å². The molecule has 0 radical (unpaired) electrons. The molecule has 1 heterocycles. The van der Waals surface area contributed by atoms with Crippen molar-refractivity contribution >= 4 is 5.96 Å². The second kappa shape index (κ2) is 7.84. The lowest BCUT2D eigenvalue weighted by Gasteiger charge is -2.31. The average molecular weight is 371 g/mol. The van der Waals surface area contributed by atoms with Gasteiger partial charge in [-0.05, 0) is 30.5 Å². The third kappa shape index (κ3) is 4.88. The Kier molecular flexibility index (Phi) is 5.72. The van der Waals surface area contributed by atoms with Crippen molar-refractivity contribution in [3.8, 4) is 0 Å². The standard InChI is InChI=1S/C18H24F3N3O2/c19-18(20,21)14-6-4-5-13(9-14)10-23-16(22)24-11-15-12-25-17(26-15)7-2-1-3-8-17/h4-6,9,15H,1-3,7-8,10-12H2,(H3,22,23,24). The van der Waals surface area contributed by atoms with Crippen LogP contribution in [0.1, 0.15) is 43.2 Å². The Hall–Kier alpha value is -1.80. The zero-order chi connectivity index (χ0) is 18.6. The molecule has 2 fully saturated rings. The summed E-state index contributed by atoms with van der Waals surface area (Å²) in [6.07, 6.45) is 0.813. The molecule has 26 heavy (non-hydrogen) atoms. The Morgan fingerprint density at radius 3 is 2.77 bits per heavy atom. The minimum Gasteiger partial charge on any atom is -0.370 e. The summed E-state index contributed by atoms with van der Waals surface area (Å²) in [7, 11) is 0. The second-order valence-electron chi connectivity index (χ2n) is 6.80. The molecular weight excluding hydrogens is 347 g/mol. The quantitative estimate of drug-likeness (QED) is 0.630. The van der Waals surface area contributed by atoms with Crippen LogP contribution in [-0.4, -0.2) is 31.0 Å². The molecule has 2 aliphatic rings. The summed E-state index contributed by atoms with van der Waals surface area (Å²) in [6.45, 7) is 1.04. The lowest BCUT2D eigenvalue weighted by Crippen LogP contribution is -2.40. The van der Waals surface area contributed by atoms with Gasteiger partial charge in [0.1, 0.15) is 6.10 Å². The molecule has 1 spiro atoms. The first-order valence-electron chi connectivity index (χ1n) is 8.88. The van der Waals surface area contributed by atoms with Gasteiger partial charge in [-0.2, -0.15) is 13.2 Å². The van der Waals surface area contributed by atoms with E-state index >= 15 is 0 Å². The van der Waals surface area contributed by atoms with E-state index in [2.05, 4.69) is 10.3 Å². The third-order valence-electron chi connectivity index (χ3n) is 4.73. The van der Waals surface area contributed by atoms with Crippen molar-refractivity contribution < 1.29 is 22.6 Å². The molecule has 1 saturated carbocycles. The number of guanidine groups is 1. The molecule has 1 atom stereocenters. The maximum Gasteiger partial charge on any atom is 0.416 e. The van der Waals surface area contributed by atoms with Gasteiger partial charge in [0.2, 0.25) is 0 Å². The van der Waals surface area contributed by atoms with Gasteiger partial charge in [0, 0.05) is 19.4 Å². The van der Waals surface area contributed by atoms with Crippen LogP contribution in [0, 0.1) is 0 Å². The second-order valence-corrected chi connectivity index (χ2v) is 6.80. The van der Waals surface area contributed by atoms with Crippen molar-refractivity contribution in [2.24, 2.45) is 10.7 Å². The Bertz CT molecular complexity index is 643. The monoisotopic (exact) mass is 371 g/mol. The highest BCUT2D eigenvalue weighted by Gasteiger charge is 2.42. The van der Waals surface area contributed by atoms with Crippen molar-refractivity contribution in [1.29, 1.82) is 0 Å². The lowest BCUT2D eigenvalue weighted by atomic mass is 9.94. The van der Waals surface area contributed by atoms with Crippen LogP contribution in [0.25, 0.3) is 0 Å². The van der Waals surface area contributed by atoms with Crippen molar-refractivity contribution in [2.75, 3.05) is 13.2 Å². The van der Waals surface area contributed by atoms with Crippen LogP contribution < -0.4 is 11.1 Å². The van der Waals surface area contributed by atoms with Crippen LogP contribution in [0.4, 0.5) is 13.2 Å². The van der Waals surface area contributed by atoms with E-state index in [0.29, 0.717) is 18.7 Å². The molecular formula is C18H24F3N3O2. The summed E-state index contributed by atoms with van der Waals surface area (Å²) >= 11 is 0. The maximum absolute atomic E-state index is 12.7. The summed E-state index contributed by atoms with van der Waals surface area (Å²) in [6, 6.07) is 5.07. The molecule has 144 valence electrons. The first kappa shape index (κ1) is 19.0.